The zero-order valence-corrected chi connectivity index (χ0v) is 24.9. The van der Waals surface area contributed by atoms with Crippen molar-refractivity contribution >= 4 is 60.0 Å². The quantitative estimate of drug-likeness (QED) is 0.189. The van der Waals surface area contributed by atoms with Crippen LogP contribution in [-0.4, -0.2) is 14.0 Å². The number of hydrogen-bond donors (Lipinski definition) is 0. The molecule has 0 aliphatic heterocycles. The summed E-state index contributed by atoms with van der Waals surface area (Å²) < 4.78 is 4.57. The average molecular weight is 586 g/mol. The molecule has 3 aromatic heterocycles. The first-order chi connectivity index (χ1) is 22.8. The van der Waals surface area contributed by atoms with Crippen LogP contribution < -0.4 is 0 Å². The van der Waals surface area contributed by atoms with E-state index in [9.17, 15) is 0 Å². The number of fused-ring (bicyclic) bond motifs is 11. The van der Waals surface area contributed by atoms with Crippen molar-refractivity contribution in [2.75, 3.05) is 0 Å². The van der Waals surface area contributed by atoms with Gasteiger partial charge >= 0.3 is 0 Å². The molecule has 0 spiro atoms. The van der Waals surface area contributed by atoms with Crippen LogP contribution in [0.15, 0.2) is 164 Å². The molecule has 0 radical (unpaired) electrons. The number of hydrogen-bond acceptors (Lipinski definition) is 1. The Hall–Kier alpha value is -6.19. The van der Waals surface area contributed by atoms with Gasteiger partial charge in [-0.1, -0.05) is 115 Å². The second-order valence-corrected chi connectivity index (χ2v) is 12.1. The summed E-state index contributed by atoms with van der Waals surface area (Å²) in [6.45, 7) is 0. The van der Waals surface area contributed by atoms with Crippen molar-refractivity contribution in [2.45, 2.75) is 0 Å². The summed E-state index contributed by atoms with van der Waals surface area (Å²) in [6, 6.07) is 56.8. The predicted octanol–water partition coefficient (Wildman–Crippen LogP) is 11.2. The van der Waals surface area contributed by atoms with Crippen LogP contribution in [0.25, 0.3) is 88.0 Å². The Morgan fingerprint density at radius 3 is 1.70 bits per heavy atom. The molecule has 0 saturated carbocycles. The molecule has 10 aromatic rings. The standard InChI is InChI=1S/C43H27N3/c1-2-13-32(14-3-1)46-40-20-9-8-19-38(40)42-43(46)45-27-31(22-24-41(45)44-42)29-12-10-11-28(25-29)30-21-23-37-35-17-5-4-15-33(35)34-16-6-7-18-36(34)39(37)26-30/h1-27H. The van der Waals surface area contributed by atoms with Gasteiger partial charge in [0.05, 0.1) is 5.52 Å². The van der Waals surface area contributed by atoms with Gasteiger partial charge in [-0.15, -0.1) is 0 Å². The zero-order valence-electron chi connectivity index (χ0n) is 24.9. The van der Waals surface area contributed by atoms with Gasteiger partial charge in [-0.2, -0.15) is 0 Å². The number of pyridine rings is 1. The highest BCUT2D eigenvalue weighted by Gasteiger charge is 2.18. The monoisotopic (exact) mass is 585 g/mol. The summed E-state index contributed by atoms with van der Waals surface area (Å²) in [7, 11) is 0. The average Bonchev–Trinajstić information content (AvgIpc) is 3.66. The SMILES string of the molecule is c1ccc(-n2c3ccccc3c3nc4ccc(-c5cccc(-c6ccc7c8ccccc8c8ccccc8c7c6)c5)cn4c32)cc1. The van der Waals surface area contributed by atoms with E-state index in [1.165, 1.54) is 49.0 Å². The van der Waals surface area contributed by atoms with Gasteiger partial charge in [0.25, 0.3) is 0 Å². The van der Waals surface area contributed by atoms with Gasteiger partial charge in [-0.25, -0.2) is 4.98 Å². The van der Waals surface area contributed by atoms with Crippen molar-refractivity contribution in [3.8, 4) is 27.9 Å². The van der Waals surface area contributed by atoms with Crippen LogP contribution in [0.2, 0.25) is 0 Å². The van der Waals surface area contributed by atoms with Crippen LogP contribution in [0.3, 0.4) is 0 Å². The molecule has 0 fully saturated rings. The largest absolute Gasteiger partial charge is 0.294 e. The van der Waals surface area contributed by atoms with Crippen molar-refractivity contribution in [2.24, 2.45) is 0 Å². The lowest BCUT2D eigenvalue weighted by atomic mass is 9.91. The molecule has 0 N–H and O–H groups in total. The van der Waals surface area contributed by atoms with Gasteiger partial charge in [0.2, 0.25) is 0 Å². The predicted molar refractivity (Wildman–Crippen MR) is 193 cm³/mol. The van der Waals surface area contributed by atoms with E-state index >= 15 is 0 Å². The van der Waals surface area contributed by atoms with Crippen molar-refractivity contribution in [1.82, 2.24) is 14.0 Å². The fraction of sp³-hybridized carbons (Fsp3) is 0. The van der Waals surface area contributed by atoms with Crippen LogP contribution in [0, 0.1) is 0 Å². The van der Waals surface area contributed by atoms with Crippen LogP contribution >= 0.6 is 0 Å². The van der Waals surface area contributed by atoms with E-state index in [1.807, 2.05) is 0 Å². The minimum absolute atomic E-state index is 0.939. The molecule has 3 heterocycles. The number of para-hydroxylation sites is 2. The van der Waals surface area contributed by atoms with E-state index in [1.54, 1.807) is 0 Å². The minimum Gasteiger partial charge on any atom is -0.294 e. The maximum Gasteiger partial charge on any atom is 0.150 e. The molecule has 0 saturated heterocycles. The summed E-state index contributed by atoms with van der Waals surface area (Å²) in [5.41, 5.74) is 10.0. The summed E-state index contributed by atoms with van der Waals surface area (Å²) in [6.07, 6.45) is 2.24. The lowest BCUT2D eigenvalue weighted by molar-refractivity contribution is 1.10. The Morgan fingerprint density at radius 1 is 0.391 bits per heavy atom. The molecule has 46 heavy (non-hydrogen) atoms. The first-order valence-electron chi connectivity index (χ1n) is 15.7. The van der Waals surface area contributed by atoms with Crippen molar-refractivity contribution < 1.29 is 0 Å². The van der Waals surface area contributed by atoms with Crippen molar-refractivity contribution in [3.05, 3.63) is 164 Å². The first kappa shape index (κ1) is 25.2. The number of imidazole rings is 1. The summed E-state index contributed by atoms with van der Waals surface area (Å²) in [5, 5.41) is 8.91. The van der Waals surface area contributed by atoms with Crippen molar-refractivity contribution in [1.29, 1.82) is 0 Å². The van der Waals surface area contributed by atoms with Gasteiger partial charge in [-0.3, -0.25) is 8.97 Å². The van der Waals surface area contributed by atoms with Crippen LogP contribution in [0.5, 0.6) is 0 Å². The maximum absolute atomic E-state index is 5.11. The number of aromatic nitrogens is 3. The highest BCUT2D eigenvalue weighted by molar-refractivity contribution is 6.25. The van der Waals surface area contributed by atoms with Crippen molar-refractivity contribution in [3.63, 3.8) is 0 Å². The molecule has 3 heteroatoms. The molecule has 10 rings (SSSR count). The Bertz CT molecular complexity index is 2770. The summed E-state index contributed by atoms with van der Waals surface area (Å²) in [5.74, 6) is 0. The van der Waals surface area contributed by atoms with Gasteiger partial charge in [0.1, 0.15) is 11.2 Å². The first-order valence-corrected chi connectivity index (χ1v) is 15.7. The molecule has 7 aromatic carbocycles. The molecule has 214 valence electrons. The van der Waals surface area contributed by atoms with Gasteiger partial charge in [-0.05, 0) is 97.0 Å². The van der Waals surface area contributed by atoms with E-state index in [2.05, 4.69) is 173 Å². The molecule has 0 bridgehead atoms. The Labute approximate surface area is 265 Å². The van der Waals surface area contributed by atoms with Crippen LogP contribution in [-0.2, 0) is 0 Å². The van der Waals surface area contributed by atoms with E-state index in [0.717, 1.165) is 39.0 Å². The summed E-state index contributed by atoms with van der Waals surface area (Å²) in [4.78, 5) is 5.11. The molecule has 0 amide bonds. The number of rotatable bonds is 3. The second-order valence-electron chi connectivity index (χ2n) is 12.1. The molecule has 0 aliphatic carbocycles. The zero-order chi connectivity index (χ0) is 30.2. The third kappa shape index (κ3) is 3.63. The molecule has 0 atom stereocenters. The Kier molecular flexibility index (Phi) is 5.28. The lowest BCUT2D eigenvalue weighted by Gasteiger charge is -2.13. The van der Waals surface area contributed by atoms with E-state index in [-0.39, 0.29) is 0 Å². The molecule has 0 unspecified atom stereocenters. The number of benzene rings is 7. The fourth-order valence-electron chi connectivity index (χ4n) is 7.38. The van der Waals surface area contributed by atoms with E-state index in [0.29, 0.717) is 0 Å². The molecule has 0 aliphatic rings. The normalized spacial score (nSPS) is 11.9. The highest BCUT2D eigenvalue weighted by Crippen LogP contribution is 2.38. The highest BCUT2D eigenvalue weighted by atomic mass is 15.1. The maximum atomic E-state index is 5.11. The van der Waals surface area contributed by atoms with Crippen LogP contribution in [0.1, 0.15) is 0 Å². The topological polar surface area (TPSA) is 22.2 Å². The van der Waals surface area contributed by atoms with Gasteiger partial charge < -0.3 is 0 Å². The number of nitrogens with zero attached hydrogens (tertiary/aromatic N) is 3. The Balaban J connectivity index is 1.15. The summed E-state index contributed by atoms with van der Waals surface area (Å²) >= 11 is 0. The minimum atomic E-state index is 0.939. The second kappa shape index (κ2) is 9.65. The van der Waals surface area contributed by atoms with Gasteiger partial charge in [0, 0.05) is 17.3 Å². The lowest BCUT2D eigenvalue weighted by Crippen LogP contribution is -1.97. The van der Waals surface area contributed by atoms with Crippen LogP contribution in [0.4, 0.5) is 0 Å². The molecular weight excluding hydrogens is 558 g/mol. The van der Waals surface area contributed by atoms with E-state index in [4.69, 9.17) is 4.98 Å². The third-order valence-electron chi connectivity index (χ3n) is 9.49. The molecule has 3 nitrogen and oxygen atoms in total. The Morgan fingerprint density at radius 2 is 0.957 bits per heavy atom. The smallest absolute Gasteiger partial charge is 0.150 e. The molecular formula is C43H27N3. The van der Waals surface area contributed by atoms with E-state index < -0.39 is 0 Å². The fourth-order valence-corrected chi connectivity index (χ4v) is 7.38. The van der Waals surface area contributed by atoms with Gasteiger partial charge in [0.15, 0.2) is 5.65 Å². The third-order valence-corrected chi connectivity index (χ3v) is 9.49.